The van der Waals surface area contributed by atoms with E-state index in [9.17, 15) is 18.0 Å². The molecule has 40 heavy (non-hydrogen) atoms. The van der Waals surface area contributed by atoms with E-state index in [1.165, 1.54) is 17.4 Å². The fraction of sp³-hybridized carbons (Fsp3) is 0.600. The van der Waals surface area contributed by atoms with Gasteiger partial charge in [-0.1, -0.05) is 44.9 Å². The number of anilines is 1. The van der Waals surface area contributed by atoms with Gasteiger partial charge in [-0.25, -0.2) is 13.1 Å². The van der Waals surface area contributed by atoms with Crippen molar-refractivity contribution in [3.05, 3.63) is 35.7 Å². The first kappa shape index (κ1) is 30.8. The van der Waals surface area contributed by atoms with Crippen molar-refractivity contribution in [2.75, 3.05) is 31.5 Å². The molecule has 0 aliphatic carbocycles. The molecule has 1 aromatic carbocycles. The highest BCUT2D eigenvalue weighted by Crippen LogP contribution is 2.37. The van der Waals surface area contributed by atoms with E-state index in [0.717, 1.165) is 63.0 Å². The second-order valence-electron chi connectivity index (χ2n) is 11.0. The number of rotatable bonds is 13. The molecule has 2 fully saturated rings. The maximum absolute atomic E-state index is 14.0. The normalized spacial score (nSPS) is 22.5. The van der Waals surface area contributed by atoms with Gasteiger partial charge in [0.05, 0.1) is 11.7 Å². The number of Topliss-reactive ketones (excluding diaryl/α,β-unsaturated/α-hetero) is 1. The third-order valence-electron chi connectivity index (χ3n) is 8.35. The van der Waals surface area contributed by atoms with Crippen LogP contribution in [0.5, 0.6) is 0 Å². The first-order valence-electron chi connectivity index (χ1n) is 14.8. The maximum Gasteiger partial charge on any atom is 0.243 e. The molecular formula is C30H44N4O4S2. The van der Waals surface area contributed by atoms with Gasteiger partial charge in [0.2, 0.25) is 15.9 Å². The van der Waals surface area contributed by atoms with Gasteiger partial charge in [-0.2, -0.15) is 0 Å². The van der Waals surface area contributed by atoms with Crippen LogP contribution in [0.2, 0.25) is 0 Å². The highest BCUT2D eigenvalue weighted by molar-refractivity contribution is 7.89. The van der Waals surface area contributed by atoms with E-state index in [0.29, 0.717) is 24.4 Å². The zero-order valence-corrected chi connectivity index (χ0v) is 25.3. The monoisotopic (exact) mass is 588 g/mol. The summed E-state index contributed by atoms with van der Waals surface area (Å²) in [4.78, 5) is 27.3. The number of carbonyl (C=O) groups excluding carboxylic acids is 2. The first-order valence-corrected chi connectivity index (χ1v) is 17.1. The Balaban J connectivity index is 1.63. The number of hydrogen-bond donors (Lipinski definition) is 4. The molecule has 0 radical (unpaired) electrons. The molecule has 2 aliphatic heterocycles. The van der Waals surface area contributed by atoms with Crippen molar-refractivity contribution in [2.45, 2.75) is 76.2 Å². The Morgan fingerprint density at radius 3 is 2.60 bits per heavy atom. The molecule has 10 heteroatoms. The molecule has 3 heterocycles. The van der Waals surface area contributed by atoms with E-state index in [-0.39, 0.29) is 40.5 Å². The molecule has 2 aromatic rings. The number of piperidine rings is 2. The number of hydrogen-bond acceptors (Lipinski definition) is 7. The smallest absolute Gasteiger partial charge is 0.243 e. The van der Waals surface area contributed by atoms with Crippen molar-refractivity contribution in [3.8, 4) is 10.4 Å². The summed E-state index contributed by atoms with van der Waals surface area (Å²) < 4.78 is 30.9. The van der Waals surface area contributed by atoms with Gasteiger partial charge in [0.15, 0.2) is 5.78 Å². The van der Waals surface area contributed by atoms with Gasteiger partial charge in [-0.3, -0.25) is 9.59 Å². The van der Waals surface area contributed by atoms with E-state index >= 15 is 0 Å². The lowest BCUT2D eigenvalue weighted by Crippen LogP contribution is -2.50. The molecule has 220 valence electrons. The summed E-state index contributed by atoms with van der Waals surface area (Å²) in [6, 6.07) is 7.99. The van der Waals surface area contributed by atoms with Crippen molar-refractivity contribution < 1.29 is 18.0 Å². The lowest BCUT2D eigenvalue weighted by Gasteiger charge is -2.33. The minimum Gasteiger partial charge on any atom is -0.324 e. The van der Waals surface area contributed by atoms with Gasteiger partial charge >= 0.3 is 0 Å². The molecule has 2 aliphatic rings. The summed E-state index contributed by atoms with van der Waals surface area (Å²) in [6.45, 7) is 7.31. The van der Waals surface area contributed by atoms with Crippen LogP contribution >= 0.6 is 11.3 Å². The fourth-order valence-electron chi connectivity index (χ4n) is 6.03. The minimum atomic E-state index is -4.13. The van der Waals surface area contributed by atoms with Gasteiger partial charge < -0.3 is 16.0 Å². The maximum atomic E-state index is 14.0. The van der Waals surface area contributed by atoms with Crippen LogP contribution in [0.1, 0.15) is 65.2 Å². The molecule has 1 amide bonds. The van der Waals surface area contributed by atoms with Gasteiger partial charge in [-0.05, 0) is 81.1 Å². The Kier molecular flexibility index (Phi) is 11.3. The van der Waals surface area contributed by atoms with Crippen molar-refractivity contribution in [3.63, 3.8) is 0 Å². The summed E-state index contributed by atoms with van der Waals surface area (Å²) in [7, 11) is -4.13. The summed E-state index contributed by atoms with van der Waals surface area (Å²) in [6.07, 6.45) is 6.54. The van der Waals surface area contributed by atoms with Crippen LogP contribution in [0.4, 0.5) is 5.69 Å². The predicted octanol–water partition coefficient (Wildman–Crippen LogP) is 4.79. The molecular weight excluding hydrogens is 544 g/mol. The van der Waals surface area contributed by atoms with Crippen molar-refractivity contribution >= 4 is 38.7 Å². The van der Waals surface area contributed by atoms with Crippen molar-refractivity contribution in [1.29, 1.82) is 0 Å². The average molecular weight is 589 g/mol. The molecule has 4 atom stereocenters. The molecule has 8 nitrogen and oxygen atoms in total. The van der Waals surface area contributed by atoms with Crippen LogP contribution in [0.3, 0.4) is 0 Å². The predicted molar refractivity (Wildman–Crippen MR) is 162 cm³/mol. The summed E-state index contributed by atoms with van der Waals surface area (Å²) >= 11 is 1.48. The van der Waals surface area contributed by atoms with Crippen molar-refractivity contribution in [1.82, 2.24) is 15.4 Å². The third-order valence-corrected chi connectivity index (χ3v) is 10.8. The fourth-order valence-corrected chi connectivity index (χ4v) is 8.21. The van der Waals surface area contributed by atoms with Crippen LogP contribution in [0, 0.1) is 17.8 Å². The molecule has 4 rings (SSSR count). The van der Waals surface area contributed by atoms with Crippen LogP contribution in [0.25, 0.3) is 10.4 Å². The largest absolute Gasteiger partial charge is 0.324 e. The summed E-state index contributed by atoms with van der Waals surface area (Å²) in [5, 5.41) is 11.5. The molecule has 0 saturated carbocycles. The quantitative estimate of drug-likeness (QED) is 0.268. The zero-order chi connectivity index (χ0) is 28.5. The molecule has 4 N–H and O–H groups in total. The SMILES string of the molecule is CCC(=O)Nc1c(-c2cccs2)cccc1S(=O)(=O)N[C@@H](CCCC1CCCNC1)C(=O)C1CNCCC1CC. The number of amides is 1. The third kappa shape index (κ3) is 7.79. The minimum absolute atomic E-state index is 0.0108. The van der Waals surface area contributed by atoms with Gasteiger partial charge in [0.25, 0.3) is 0 Å². The topological polar surface area (TPSA) is 116 Å². The first-order chi connectivity index (χ1) is 19.3. The van der Waals surface area contributed by atoms with Crippen LogP contribution in [-0.2, 0) is 19.6 Å². The number of sulfonamides is 1. The second-order valence-corrected chi connectivity index (χ2v) is 13.7. The number of carbonyl (C=O) groups is 2. The molecule has 0 spiro atoms. The summed E-state index contributed by atoms with van der Waals surface area (Å²) in [5.74, 6) is 0.273. The number of nitrogens with one attached hydrogen (secondary N) is 4. The van der Waals surface area contributed by atoms with Crippen LogP contribution in [0.15, 0.2) is 40.6 Å². The Bertz CT molecular complexity index is 1230. The number of ketones is 1. The van der Waals surface area contributed by atoms with Crippen LogP contribution in [-0.4, -0.2) is 52.3 Å². The van der Waals surface area contributed by atoms with Gasteiger partial charge in [0, 0.05) is 29.3 Å². The molecule has 3 unspecified atom stereocenters. The molecule has 0 bridgehead atoms. The van der Waals surface area contributed by atoms with E-state index in [1.807, 2.05) is 23.6 Å². The number of para-hydroxylation sites is 1. The lowest BCUT2D eigenvalue weighted by atomic mass is 9.79. The highest BCUT2D eigenvalue weighted by atomic mass is 32.2. The second kappa shape index (κ2) is 14.7. The van der Waals surface area contributed by atoms with Crippen molar-refractivity contribution in [2.24, 2.45) is 17.8 Å². The number of benzene rings is 1. The zero-order valence-electron chi connectivity index (χ0n) is 23.7. The Morgan fingerprint density at radius 1 is 1.07 bits per heavy atom. The van der Waals surface area contributed by atoms with Gasteiger partial charge in [-0.15, -0.1) is 11.3 Å². The lowest BCUT2D eigenvalue weighted by molar-refractivity contribution is -0.127. The van der Waals surface area contributed by atoms with E-state index < -0.39 is 16.1 Å². The Hall–Kier alpha value is -2.11. The molecule has 1 aromatic heterocycles. The summed E-state index contributed by atoms with van der Waals surface area (Å²) in [5.41, 5.74) is 0.907. The Morgan fingerprint density at radius 2 is 1.90 bits per heavy atom. The standard InChI is InChI=1S/C30H44N4O4S2/c1-3-22-15-17-32-20-24(22)30(36)25(12-5-9-21-10-7-16-31-19-21)34-40(37,38)27-14-6-11-23(26-13-8-18-39-26)29(27)33-28(35)4-2/h6,8,11,13-14,18,21-22,24-25,31-32,34H,3-5,7,9-10,12,15-17,19-20H2,1-2H3,(H,33,35)/t21?,22?,24?,25-/m0/s1. The van der Waals surface area contributed by atoms with E-state index in [1.54, 1.807) is 13.0 Å². The Labute approximate surface area is 243 Å². The van der Waals surface area contributed by atoms with Gasteiger partial charge in [0.1, 0.15) is 4.90 Å². The highest BCUT2D eigenvalue weighted by Gasteiger charge is 2.36. The number of thiophene rings is 1. The van der Waals surface area contributed by atoms with Crippen LogP contribution < -0.4 is 20.7 Å². The van der Waals surface area contributed by atoms with E-state index in [4.69, 9.17) is 0 Å². The molecule has 2 saturated heterocycles. The average Bonchev–Trinajstić information content (AvgIpc) is 3.51. The van der Waals surface area contributed by atoms with E-state index in [2.05, 4.69) is 27.6 Å².